The third kappa shape index (κ3) is 5.57. The van der Waals surface area contributed by atoms with Gasteiger partial charge in [0.15, 0.2) is 0 Å². The highest BCUT2D eigenvalue weighted by Crippen LogP contribution is 2.17. The highest BCUT2D eigenvalue weighted by molar-refractivity contribution is 5.44. The fourth-order valence-electron chi connectivity index (χ4n) is 2.02. The Hall–Kier alpha value is -1.13. The maximum atomic E-state index is 9.82. The molecule has 108 valence electrons. The zero-order valence-corrected chi connectivity index (χ0v) is 12.8. The molecule has 0 aromatic carbocycles. The van der Waals surface area contributed by atoms with Crippen LogP contribution in [0.4, 0.5) is 5.69 Å². The van der Waals surface area contributed by atoms with Crippen molar-refractivity contribution in [2.75, 3.05) is 25.0 Å². The zero-order valence-electron chi connectivity index (χ0n) is 12.8. The predicted molar refractivity (Wildman–Crippen MR) is 80.5 cm³/mol. The van der Waals surface area contributed by atoms with Crippen molar-refractivity contribution in [2.45, 2.75) is 45.8 Å². The van der Waals surface area contributed by atoms with Crippen molar-refractivity contribution in [3.05, 3.63) is 24.0 Å². The topological polar surface area (TPSA) is 48.4 Å². The Bertz CT molecular complexity index is 370. The summed E-state index contributed by atoms with van der Waals surface area (Å²) in [5.41, 5.74) is 1.37. The van der Waals surface area contributed by atoms with E-state index in [0.29, 0.717) is 6.54 Å². The predicted octanol–water partition coefficient (Wildman–Crippen LogP) is 2.35. The molecule has 1 unspecified atom stereocenters. The Morgan fingerprint density at radius 1 is 1.42 bits per heavy atom. The molecular formula is C15H27N3O. The quantitative estimate of drug-likeness (QED) is 0.794. The summed E-state index contributed by atoms with van der Waals surface area (Å²) in [5, 5.41) is 13.2. The zero-order chi connectivity index (χ0) is 14.5. The normalized spacial score (nSPS) is 13.4. The fourth-order valence-corrected chi connectivity index (χ4v) is 2.02. The average Bonchev–Trinajstić information content (AvgIpc) is 2.34. The molecule has 0 spiro atoms. The second-order valence-electron chi connectivity index (χ2n) is 5.79. The van der Waals surface area contributed by atoms with E-state index >= 15 is 0 Å². The molecule has 0 fully saturated rings. The van der Waals surface area contributed by atoms with Crippen molar-refractivity contribution >= 4 is 5.69 Å². The van der Waals surface area contributed by atoms with Crippen LogP contribution in [0.25, 0.3) is 0 Å². The maximum absolute atomic E-state index is 9.82. The molecular weight excluding hydrogens is 238 g/mol. The second-order valence-corrected chi connectivity index (χ2v) is 5.79. The molecule has 0 aliphatic carbocycles. The van der Waals surface area contributed by atoms with E-state index in [1.807, 2.05) is 38.1 Å². The summed E-state index contributed by atoms with van der Waals surface area (Å²) < 4.78 is 0. The van der Waals surface area contributed by atoms with Gasteiger partial charge in [-0.05, 0) is 45.9 Å². The average molecular weight is 265 g/mol. The molecule has 1 rings (SSSR count). The van der Waals surface area contributed by atoms with Crippen LogP contribution in [0.2, 0.25) is 0 Å². The minimum absolute atomic E-state index is 0.272. The number of aromatic nitrogens is 1. The summed E-state index contributed by atoms with van der Waals surface area (Å²) in [4.78, 5) is 6.51. The smallest absolute Gasteiger partial charge is 0.0765 e. The van der Waals surface area contributed by atoms with Crippen LogP contribution in [0.15, 0.2) is 18.3 Å². The highest BCUT2D eigenvalue weighted by Gasteiger charge is 2.16. The van der Waals surface area contributed by atoms with E-state index in [0.717, 1.165) is 24.3 Å². The van der Waals surface area contributed by atoms with Gasteiger partial charge in [-0.15, -0.1) is 0 Å². The largest absolute Gasteiger partial charge is 0.389 e. The van der Waals surface area contributed by atoms with E-state index in [9.17, 15) is 5.11 Å². The molecule has 1 aromatic heterocycles. The lowest BCUT2D eigenvalue weighted by Gasteiger charge is -2.27. The van der Waals surface area contributed by atoms with Gasteiger partial charge in [0.1, 0.15) is 0 Å². The van der Waals surface area contributed by atoms with Gasteiger partial charge < -0.3 is 15.3 Å². The van der Waals surface area contributed by atoms with Gasteiger partial charge in [-0.1, -0.05) is 6.92 Å². The van der Waals surface area contributed by atoms with Crippen LogP contribution in [-0.2, 0) is 0 Å². The van der Waals surface area contributed by atoms with Gasteiger partial charge >= 0.3 is 0 Å². The summed E-state index contributed by atoms with van der Waals surface area (Å²) in [6, 6.07) is 4.37. The molecule has 0 saturated carbocycles. The SMILES string of the molecule is CCCNC(C)c1ccc(N(C)CC(C)(C)O)cn1. The lowest BCUT2D eigenvalue weighted by atomic mass is 10.1. The number of anilines is 1. The summed E-state index contributed by atoms with van der Waals surface area (Å²) in [6.45, 7) is 9.48. The Kier molecular flexibility index (Phi) is 5.76. The maximum Gasteiger partial charge on any atom is 0.0765 e. The molecule has 1 atom stereocenters. The van der Waals surface area contributed by atoms with Crippen LogP contribution in [0.1, 0.15) is 45.9 Å². The van der Waals surface area contributed by atoms with Gasteiger partial charge in [-0.2, -0.15) is 0 Å². The number of pyridine rings is 1. The van der Waals surface area contributed by atoms with E-state index in [-0.39, 0.29) is 6.04 Å². The van der Waals surface area contributed by atoms with Crippen molar-refractivity contribution in [3.63, 3.8) is 0 Å². The third-order valence-electron chi connectivity index (χ3n) is 2.98. The Labute approximate surface area is 116 Å². The van der Waals surface area contributed by atoms with Crippen LogP contribution < -0.4 is 10.2 Å². The molecule has 19 heavy (non-hydrogen) atoms. The number of hydrogen-bond donors (Lipinski definition) is 2. The van der Waals surface area contributed by atoms with Crippen molar-refractivity contribution in [1.29, 1.82) is 0 Å². The summed E-state index contributed by atoms with van der Waals surface area (Å²) >= 11 is 0. The van der Waals surface area contributed by atoms with E-state index in [1.54, 1.807) is 0 Å². The molecule has 4 nitrogen and oxygen atoms in total. The number of hydrogen-bond acceptors (Lipinski definition) is 4. The van der Waals surface area contributed by atoms with E-state index in [1.165, 1.54) is 0 Å². The van der Waals surface area contributed by atoms with E-state index in [4.69, 9.17) is 0 Å². The van der Waals surface area contributed by atoms with Gasteiger partial charge in [0.2, 0.25) is 0 Å². The first-order chi connectivity index (χ1) is 8.83. The van der Waals surface area contributed by atoms with Crippen molar-refractivity contribution < 1.29 is 5.11 Å². The fraction of sp³-hybridized carbons (Fsp3) is 0.667. The lowest BCUT2D eigenvalue weighted by molar-refractivity contribution is 0.0886. The molecule has 0 bridgehead atoms. The number of nitrogens with zero attached hydrogens (tertiary/aromatic N) is 2. The van der Waals surface area contributed by atoms with Crippen LogP contribution in [-0.4, -0.2) is 35.8 Å². The van der Waals surface area contributed by atoms with Crippen molar-refractivity contribution in [2.24, 2.45) is 0 Å². The lowest BCUT2D eigenvalue weighted by Crippen LogP contribution is -2.36. The van der Waals surface area contributed by atoms with Crippen LogP contribution in [0.5, 0.6) is 0 Å². The number of aliphatic hydroxyl groups is 1. The molecule has 0 amide bonds. The summed E-state index contributed by atoms with van der Waals surface area (Å²) in [6.07, 6.45) is 2.99. The van der Waals surface area contributed by atoms with E-state index < -0.39 is 5.60 Å². The molecule has 2 N–H and O–H groups in total. The monoisotopic (exact) mass is 265 g/mol. The van der Waals surface area contributed by atoms with Crippen molar-refractivity contribution in [1.82, 2.24) is 10.3 Å². The standard InChI is InChI=1S/C15H27N3O/c1-6-9-16-12(2)14-8-7-13(10-17-14)18(5)11-15(3,4)19/h7-8,10,12,16,19H,6,9,11H2,1-5H3. The molecule has 4 heteroatoms. The van der Waals surface area contributed by atoms with Gasteiger partial charge in [0.25, 0.3) is 0 Å². The van der Waals surface area contributed by atoms with Gasteiger partial charge in [0, 0.05) is 19.6 Å². The molecule has 0 radical (unpaired) electrons. The van der Waals surface area contributed by atoms with Gasteiger partial charge in [-0.25, -0.2) is 0 Å². The molecule has 1 heterocycles. The van der Waals surface area contributed by atoms with Gasteiger partial charge in [0.05, 0.1) is 23.2 Å². The van der Waals surface area contributed by atoms with Crippen molar-refractivity contribution in [3.8, 4) is 0 Å². The molecule has 0 aliphatic heterocycles. The number of nitrogens with one attached hydrogen (secondary N) is 1. The highest BCUT2D eigenvalue weighted by atomic mass is 16.3. The first-order valence-electron chi connectivity index (χ1n) is 6.96. The first-order valence-corrected chi connectivity index (χ1v) is 6.96. The van der Waals surface area contributed by atoms with Gasteiger partial charge in [-0.3, -0.25) is 4.98 Å². The first kappa shape index (κ1) is 15.9. The molecule has 0 aliphatic rings. The minimum atomic E-state index is -0.705. The Morgan fingerprint density at radius 3 is 2.58 bits per heavy atom. The number of rotatable bonds is 7. The summed E-state index contributed by atoms with van der Waals surface area (Å²) in [5.74, 6) is 0. The third-order valence-corrected chi connectivity index (χ3v) is 2.98. The Balaban J connectivity index is 2.65. The summed E-state index contributed by atoms with van der Waals surface area (Å²) in [7, 11) is 1.97. The second kappa shape index (κ2) is 6.87. The Morgan fingerprint density at radius 2 is 2.11 bits per heavy atom. The number of likely N-dealkylation sites (N-methyl/N-ethyl adjacent to an activating group) is 1. The van der Waals surface area contributed by atoms with Crippen LogP contribution in [0, 0.1) is 0 Å². The van der Waals surface area contributed by atoms with Crippen LogP contribution in [0.3, 0.4) is 0 Å². The van der Waals surface area contributed by atoms with E-state index in [2.05, 4.69) is 30.2 Å². The van der Waals surface area contributed by atoms with Crippen LogP contribution >= 0.6 is 0 Å². The molecule has 0 saturated heterocycles. The molecule has 1 aromatic rings. The minimum Gasteiger partial charge on any atom is -0.389 e.